The van der Waals surface area contributed by atoms with Crippen LogP contribution >= 0.6 is 0 Å². The van der Waals surface area contributed by atoms with Gasteiger partial charge in [-0.25, -0.2) is 22.3 Å². The first-order chi connectivity index (χ1) is 7.20. The van der Waals surface area contributed by atoms with E-state index in [0.29, 0.717) is 13.0 Å². The predicted octanol–water partition coefficient (Wildman–Crippen LogP) is 2.00. The van der Waals surface area contributed by atoms with Crippen LogP contribution in [0.4, 0.5) is 8.78 Å². The van der Waals surface area contributed by atoms with Gasteiger partial charge in [0.1, 0.15) is 0 Å². The van der Waals surface area contributed by atoms with E-state index < -0.39 is 15.9 Å². The maximum absolute atomic E-state index is 12.6. The van der Waals surface area contributed by atoms with Crippen LogP contribution in [0.15, 0.2) is 35.2 Å². The van der Waals surface area contributed by atoms with E-state index in [-0.39, 0.29) is 10.5 Å². The van der Waals surface area contributed by atoms with Crippen LogP contribution in [0.25, 0.3) is 6.08 Å². The Kier molecular flexibility index (Phi) is 3.44. The van der Waals surface area contributed by atoms with Gasteiger partial charge in [0.2, 0.25) is 10.0 Å². The van der Waals surface area contributed by atoms with Crippen LogP contribution < -0.4 is 5.14 Å². The van der Waals surface area contributed by atoms with Crippen LogP contribution in [-0.2, 0) is 10.0 Å². The van der Waals surface area contributed by atoms with Gasteiger partial charge in [-0.3, -0.25) is 0 Å². The van der Waals surface area contributed by atoms with E-state index in [2.05, 4.69) is 0 Å². The van der Waals surface area contributed by atoms with E-state index in [1.807, 2.05) is 0 Å². The van der Waals surface area contributed by atoms with Crippen molar-refractivity contribution in [1.29, 1.82) is 0 Å². The van der Waals surface area contributed by atoms with Crippen LogP contribution in [0.3, 0.4) is 0 Å². The van der Waals surface area contributed by atoms with Gasteiger partial charge in [0, 0.05) is 6.92 Å². The molecule has 88 valence electrons. The second-order valence-corrected chi connectivity index (χ2v) is 4.90. The molecule has 1 rings (SSSR count). The number of hydrogen-bond donors (Lipinski definition) is 1. The summed E-state index contributed by atoms with van der Waals surface area (Å²) >= 11 is 0. The average Bonchev–Trinajstić information content (AvgIpc) is 2.12. The highest BCUT2D eigenvalue weighted by molar-refractivity contribution is 7.89. The zero-order valence-electron chi connectivity index (χ0n) is 8.52. The van der Waals surface area contributed by atoms with Crippen molar-refractivity contribution >= 4 is 16.1 Å². The first-order valence-corrected chi connectivity index (χ1v) is 5.94. The zero-order chi connectivity index (χ0) is 12.4. The summed E-state index contributed by atoms with van der Waals surface area (Å²) in [5.74, 6) is -2.99. The molecule has 2 N–H and O–H groups in total. The predicted molar refractivity (Wildman–Crippen MR) is 57.5 cm³/mol. The number of primary sulfonamides is 1. The second-order valence-electron chi connectivity index (χ2n) is 3.37. The number of nitrogens with two attached hydrogens (primary N) is 1. The summed E-state index contributed by atoms with van der Waals surface area (Å²) in [5, 5.41) is 4.95. The topological polar surface area (TPSA) is 60.2 Å². The van der Waals surface area contributed by atoms with Gasteiger partial charge in [-0.05, 0) is 17.7 Å². The molecule has 0 saturated heterocycles. The molecular weight excluding hydrogens is 236 g/mol. The van der Waals surface area contributed by atoms with Crippen LogP contribution in [0, 0.1) is 0 Å². The Bertz CT molecular complexity index is 504. The van der Waals surface area contributed by atoms with Gasteiger partial charge in [0.15, 0.2) is 0 Å². The van der Waals surface area contributed by atoms with Gasteiger partial charge in [-0.15, -0.1) is 0 Å². The average molecular weight is 247 g/mol. The van der Waals surface area contributed by atoms with E-state index in [0.717, 1.165) is 6.08 Å². The van der Waals surface area contributed by atoms with Gasteiger partial charge in [0.25, 0.3) is 5.92 Å². The van der Waals surface area contributed by atoms with Crippen molar-refractivity contribution in [1.82, 2.24) is 0 Å². The Morgan fingerprint density at radius 1 is 1.31 bits per heavy atom. The van der Waals surface area contributed by atoms with E-state index in [4.69, 9.17) is 5.14 Å². The summed E-state index contributed by atoms with van der Waals surface area (Å²) in [6.07, 6.45) is 1.66. The van der Waals surface area contributed by atoms with E-state index in [1.165, 1.54) is 18.2 Å². The molecule has 0 saturated carbocycles. The lowest BCUT2D eigenvalue weighted by Crippen LogP contribution is -2.13. The van der Waals surface area contributed by atoms with Gasteiger partial charge < -0.3 is 0 Å². The lowest BCUT2D eigenvalue weighted by atomic mass is 10.2. The second kappa shape index (κ2) is 4.31. The fraction of sp³-hybridized carbons (Fsp3) is 0.200. The Labute approximate surface area is 92.6 Å². The van der Waals surface area contributed by atoms with E-state index >= 15 is 0 Å². The first kappa shape index (κ1) is 12.8. The molecule has 0 fully saturated rings. The summed E-state index contributed by atoms with van der Waals surface area (Å²) in [6.45, 7) is 0.711. The van der Waals surface area contributed by atoms with Crippen molar-refractivity contribution in [2.24, 2.45) is 5.14 Å². The van der Waals surface area contributed by atoms with Crippen molar-refractivity contribution < 1.29 is 17.2 Å². The first-order valence-electron chi connectivity index (χ1n) is 4.39. The number of hydrogen-bond acceptors (Lipinski definition) is 2. The molecule has 0 aliphatic rings. The van der Waals surface area contributed by atoms with Gasteiger partial charge >= 0.3 is 0 Å². The molecule has 0 bridgehead atoms. The minimum Gasteiger partial charge on any atom is -0.225 e. The molecule has 0 unspecified atom stereocenters. The van der Waals surface area contributed by atoms with Crippen molar-refractivity contribution in [2.45, 2.75) is 17.7 Å². The fourth-order valence-corrected chi connectivity index (χ4v) is 1.85. The fourth-order valence-electron chi connectivity index (χ4n) is 1.11. The van der Waals surface area contributed by atoms with Crippen LogP contribution in [0.1, 0.15) is 12.5 Å². The molecule has 0 heterocycles. The molecule has 6 heteroatoms. The molecule has 0 aliphatic carbocycles. The molecular formula is C10H11F2NO2S. The molecule has 0 aliphatic heterocycles. The number of allylic oxidation sites excluding steroid dienone is 1. The van der Waals surface area contributed by atoms with Gasteiger partial charge in [-0.1, -0.05) is 24.3 Å². The summed E-state index contributed by atoms with van der Waals surface area (Å²) in [5.41, 5.74) is 0.145. The lowest BCUT2D eigenvalue weighted by molar-refractivity contribution is 0.0784. The molecule has 0 atom stereocenters. The Hall–Kier alpha value is -1.27. The molecule has 1 aromatic carbocycles. The molecule has 0 aromatic heterocycles. The monoisotopic (exact) mass is 247 g/mol. The quantitative estimate of drug-likeness (QED) is 0.888. The van der Waals surface area contributed by atoms with Crippen molar-refractivity contribution in [2.75, 3.05) is 0 Å². The van der Waals surface area contributed by atoms with Crippen LogP contribution in [0.5, 0.6) is 0 Å². The standard InChI is InChI=1S/C10H11F2NO2S/c1-10(11,12)7-6-8-4-2-3-5-9(8)16(13,14)15/h2-7H,1H3,(H2,13,14,15). The molecule has 16 heavy (non-hydrogen) atoms. The van der Waals surface area contributed by atoms with Crippen LogP contribution in [-0.4, -0.2) is 14.3 Å². The minimum absolute atomic E-state index is 0.145. The summed E-state index contributed by atoms with van der Waals surface area (Å²) in [4.78, 5) is -0.171. The molecule has 0 radical (unpaired) electrons. The maximum Gasteiger partial charge on any atom is 0.264 e. The summed E-state index contributed by atoms with van der Waals surface area (Å²) in [7, 11) is -3.90. The molecule has 0 spiro atoms. The van der Waals surface area contributed by atoms with Crippen molar-refractivity contribution in [3.8, 4) is 0 Å². The zero-order valence-corrected chi connectivity index (χ0v) is 9.34. The minimum atomic E-state index is -3.90. The van der Waals surface area contributed by atoms with Gasteiger partial charge in [0.05, 0.1) is 4.90 Å². The van der Waals surface area contributed by atoms with E-state index in [9.17, 15) is 17.2 Å². The van der Waals surface area contributed by atoms with E-state index in [1.54, 1.807) is 6.07 Å². The Balaban J connectivity index is 3.21. The number of alkyl halides is 2. The van der Waals surface area contributed by atoms with Crippen LogP contribution in [0.2, 0.25) is 0 Å². The normalized spacial score (nSPS) is 13.2. The van der Waals surface area contributed by atoms with Crippen molar-refractivity contribution in [3.63, 3.8) is 0 Å². The maximum atomic E-state index is 12.6. The Morgan fingerprint density at radius 2 is 1.88 bits per heavy atom. The number of benzene rings is 1. The van der Waals surface area contributed by atoms with Crippen molar-refractivity contribution in [3.05, 3.63) is 35.9 Å². The highest BCUT2D eigenvalue weighted by Gasteiger charge is 2.17. The lowest BCUT2D eigenvalue weighted by Gasteiger charge is -2.05. The number of rotatable bonds is 3. The molecule has 3 nitrogen and oxygen atoms in total. The number of sulfonamides is 1. The Morgan fingerprint density at radius 3 is 2.38 bits per heavy atom. The third-order valence-electron chi connectivity index (χ3n) is 1.78. The number of halogens is 2. The largest absolute Gasteiger partial charge is 0.264 e. The third-order valence-corrected chi connectivity index (χ3v) is 2.77. The summed E-state index contributed by atoms with van der Waals surface area (Å²) in [6, 6.07) is 5.69. The summed E-state index contributed by atoms with van der Waals surface area (Å²) < 4.78 is 47.4. The smallest absolute Gasteiger partial charge is 0.225 e. The SMILES string of the molecule is CC(F)(F)C=Cc1ccccc1S(N)(=O)=O. The van der Waals surface area contributed by atoms with Gasteiger partial charge in [-0.2, -0.15) is 0 Å². The molecule has 0 amide bonds. The molecule has 1 aromatic rings. The third kappa shape index (κ3) is 3.71. The highest BCUT2D eigenvalue weighted by Crippen LogP contribution is 2.19. The highest BCUT2D eigenvalue weighted by atomic mass is 32.2.